The molecule has 1 aliphatic rings. The molecule has 27 heavy (non-hydrogen) atoms. The zero-order valence-electron chi connectivity index (χ0n) is 15.7. The van der Waals surface area contributed by atoms with Crippen molar-refractivity contribution in [2.75, 3.05) is 18.8 Å². The summed E-state index contributed by atoms with van der Waals surface area (Å²) >= 11 is 1.59. The van der Waals surface area contributed by atoms with Gasteiger partial charge in [-0.05, 0) is 38.8 Å². The van der Waals surface area contributed by atoms with Gasteiger partial charge in [-0.3, -0.25) is 9.59 Å². The van der Waals surface area contributed by atoms with E-state index in [4.69, 9.17) is 4.52 Å². The van der Waals surface area contributed by atoms with E-state index in [0.717, 1.165) is 35.6 Å². The van der Waals surface area contributed by atoms with Crippen molar-refractivity contribution in [3.8, 4) is 0 Å². The van der Waals surface area contributed by atoms with Crippen molar-refractivity contribution in [2.24, 2.45) is 0 Å². The maximum atomic E-state index is 12.4. The molecule has 2 heterocycles. The molecule has 1 aromatic carbocycles. The molecular formula is C20H25N3O3S. The zero-order valence-corrected chi connectivity index (χ0v) is 16.6. The van der Waals surface area contributed by atoms with Crippen molar-refractivity contribution in [1.29, 1.82) is 0 Å². The molecule has 0 saturated carbocycles. The molecule has 0 spiro atoms. The standard InChI is InChI=1S/C20H25N3O3S/c1-14-18(15(2)26-22-14)12-27-13-19(24)23-10-8-17(9-11-23)21-20(25)16-6-4-3-5-7-16/h3-7,17H,8-13H2,1-2H3,(H,21,25). The van der Waals surface area contributed by atoms with Crippen molar-refractivity contribution >= 4 is 23.6 Å². The average molecular weight is 388 g/mol. The Kier molecular flexibility index (Phi) is 6.55. The predicted molar refractivity (Wildman–Crippen MR) is 106 cm³/mol. The lowest BCUT2D eigenvalue weighted by atomic mass is 10.0. The second-order valence-corrected chi connectivity index (χ2v) is 7.78. The molecule has 1 saturated heterocycles. The molecule has 0 radical (unpaired) electrons. The molecule has 2 aromatic rings. The third-order valence-corrected chi connectivity index (χ3v) is 5.82. The van der Waals surface area contributed by atoms with E-state index >= 15 is 0 Å². The molecule has 1 fully saturated rings. The van der Waals surface area contributed by atoms with Crippen LogP contribution in [0.5, 0.6) is 0 Å². The Morgan fingerprint density at radius 1 is 1.22 bits per heavy atom. The molecule has 6 nitrogen and oxygen atoms in total. The summed E-state index contributed by atoms with van der Waals surface area (Å²) in [5, 5.41) is 7.01. The summed E-state index contributed by atoms with van der Waals surface area (Å²) in [6.45, 7) is 5.18. The van der Waals surface area contributed by atoms with Gasteiger partial charge < -0.3 is 14.7 Å². The van der Waals surface area contributed by atoms with Crippen LogP contribution >= 0.6 is 11.8 Å². The topological polar surface area (TPSA) is 75.4 Å². The summed E-state index contributed by atoms with van der Waals surface area (Å²) in [5.41, 5.74) is 2.64. The Bertz CT molecular complexity index is 764. The Hall–Kier alpha value is -2.28. The van der Waals surface area contributed by atoms with Crippen LogP contribution in [0.15, 0.2) is 34.9 Å². The number of nitrogens with zero attached hydrogens (tertiary/aromatic N) is 2. The van der Waals surface area contributed by atoms with Gasteiger partial charge in [0, 0.05) is 36.0 Å². The first kappa shape index (κ1) is 19.5. The zero-order chi connectivity index (χ0) is 19.2. The molecule has 3 rings (SSSR count). The van der Waals surface area contributed by atoms with Crippen molar-refractivity contribution < 1.29 is 14.1 Å². The summed E-state index contributed by atoms with van der Waals surface area (Å²) in [4.78, 5) is 26.5. The lowest BCUT2D eigenvalue weighted by Gasteiger charge is -2.32. The third kappa shape index (κ3) is 5.13. The van der Waals surface area contributed by atoms with Crippen molar-refractivity contribution in [3.63, 3.8) is 0 Å². The molecule has 0 atom stereocenters. The number of aryl methyl sites for hydroxylation is 2. The van der Waals surface area contributed by atoms with Gasteiger partial charge in [-0.15, -0.1) is 11.8 Å². The fourth-order valence-corrected chi connectivity index (χ4v) is 4.25. The van der Waals surface area contributed by atoms with Crippen LogP contribution in [-0.2, 0) is 10.5 Å². The first-order chi connectivity index (χ1) is 13.0. The smallest absolute Gasteiger partial charge is 0.251 e. The minimum atomic E-state index is -0.0459. The van der Waals surface area contributed by atoms with Gasteiger partial charge in [0.05, 0.1) is 11.4 Å². The highest BCUT2D eigenvalue weighted by atomic mass is 32.2. The van der Waals surface area contributed by atoms with Gasteiger partial charge in [-0.1, -0.05) is 23.4 Å². The molecule has 0 unspecified atom stereocenters. The Labute approximate surface area is 163 Å². The molecule has 144 valence electrons. The van der Waals surface area contributed by atoms with Gasteiger partial charge in [0.2, 0.25) is 5.91 Å². The first-order valence-electron chi connectivity index (χ1n) is 9.17. The van der Waals surface area contributed by atoms with Crippen LogP contribution in [0.25, 0.3) is 0 Å². The van der Waals surface area contributed by atoms with E-state index in [2.05, 4.69) is 10.5 Å². The quantitative estimate of drug-likeness (QED) is 0.825. The number of thioether (sulfide) groups is 1. The minimum absolute atomic E-state index is 0.0459. The van der Waals surface area contributed by atoms with Gasteiger partial charge in [0.1, 0.15) is 5.76 Å². The largest absolute Gasteiger partial charge is 0.361 e. The van der Waals surface area contributed by atoms with E-state index in [1.54, 1.807) is 11.8 Å². The Morgan fingerprint density at radius 2 is 1.93 bits per heavy atom. The SMILES string of the molecule is Cc1noc(C)c1CSCC(=O)N1CCC(NC(=O)c2ccccc2)CC1. The second-order valence-electron chi connectivity index (χ2n) is 6.79. The number of rotatable bonds is 6. The number of hydrogen-bond acceptors (Lipinski definition) is 5. The first-order valence-corrected chi connectivity index (χ1v) is 10.3. The molecule has 1 aliphatic heterocycles. The number of piperidine rings is 1. The minimum Gasteiger partial charge on any atom is -0.361 e. The maximum Gasteiger partial charge on any atom is 0.251 e. The molecule has 1 aromatic heterocycles. The fraction of sp³-hybridized carbons (Fsp3) is 0.450. The predicted octanol–water partition coefficient (Wildman–Crippen LogP) is 2.95. The van der Waals surface area contributed by atoms with Gasteiger partial charge in [0.25, 0.3) is 5.91 Å². The summed E-state index contributed by atoms with van der Waals surface area (Å²) < 4.78 is 5.15. The number of nitrogens with one attached hydrogen (secondary N) is 1. The summed E-state index contributed by atoms with van der Waals surface area (Å²) in [6.07, 6.45) is 1.58. The van der Waals surface area contributed by atoms with Crippen LogP contribution in [-0.4, -0.2) is 46.8 Å². The van der Waals surface area contributed by atoms with Gasteiger partial charge in [-0.25, -0.2) is 0 Å². The average Bonchev–Trinajstić information content (AvgIpc) is 3.01. The molecule has 7 heteroatoms. The van der Waals surface area contributed by atoms with Crippen LogP contribution in [0.2, 0.25) is 0 Å². The normalized spacial score (nSPS) is 15.0. The highest BCUT2D eigenvalue weighted by Crippen LogP contribution is 2.20. The van der Waals surface area contributed by atoms with Gasteiger partial charge >= 0.3 is 0 Å². The van der Waals surface area contributed by atoms with Crippen LogP contribution in [0.4, 0.5) is 0 Å². The number of hydrogen-bond donors (Lipinski definition) is 1. The second kappa shape index (κ2) is 9.08. The number of aromatic nitrogens is 1. The number of carbonyl (C=O) groups is 2. The molecular weight excluding hydrogens is 362 g/mol. The number of amides is 2. The van der Waals surface area contributed by atoms with E-state index in [1.165, 1.54) is 0 Å². The van der Waals surface area contributed by atoms with E-state index in [-0.39, 0.29) is 17.9 Å². The van der Waals surface area contributed by atoms with E-state index in [0.29, 0.717) is 24.4 Å². The highest BCUT2D eigenvalue weighted by Gasteiger charge is 2.24. The lowest BCUT2D eigenvalue weighted by Crippen LogP contribution is -2.47. The van der Waals surface area contributed by atoms with E-state index < -0.39 is 0 Å². The summed E-state index contributed by atoms with van der Waals surface area (Å²) in [7, 11) is 0. The number of benzene rings is 1. The fourth-order valence-electron chi connectivity index (χ4n) is 3.17. The monoisotopic (exact) mass is 387 g/mol. The number of likely N-dealkylation sites (tertiary alicyclic amines) is 1. The van der Waals surface area contributed by atoms with Crippen molar-refractivity contribution in [1.82, 2.24) is 15.4 Å². The molecule has 2 amide bonds. The van der Waals surface area contributed by atoms with Crippen LogP contribution in [0.1, 0.15) is 40.2 Å². The molecule has 1 N–H and O–H groups in total. The highest BCUT2D eigenvalue weighted by molar-refractivity contribution is 7.99. The summed E-state index contributed by atoms with van der Waals surface area (Å²) in [5.74, 6) is 2.11. The number of carbonyl (C=O) groups excluding carboxylic acids is 2. The van der Waals surface area contributed by atoms with Crippen molar-refractivity contribution in [3.05, 3.63) is 52.9 Å². The van der Waals surface area contributed by atoms with Gasteiger partial charge in [0.15, 0.2) is 0 Å². The third-order valence-electron chi connectivity index (χ3n) is 4.87. The van der Waals surface area contributed by atoms with Gasteiger partial charge in [-0.2, -0.15) is 0 Å². The maximum absolute atomic E-state index is 12.4. The van der Waals surface area contributed by atoms with Crippen LogP contribution in [0, 0.1) is 13.8 Å². The lowest BCUT2D eigenvalue weighted by molar-refractivity contribution is -0.129. The van der Waals surface area contributed by atoms with Crippen LogP contribution < -0.4 is 5.32 Å². The van der Waals surface area contributed by atoms with Crippen LogP contribution in [0.3, 0.4) is 0 Å². The van der Waals surface area contributed by atoms with E-state index in [9.17, 15) is 9.59 Å². The Balaban J connectivity index is 1.39. The van der Waals surface area contributed by atoms with Crippen molar-refractivity contribution in [2.45, 2.75) is 38.5 Å². The summed E-state index contributed by atoms with van der Waals surface area (Å²) in [6, 6.07) is 9.35. The molecule has 0 aliphatic carbocycles. The van der Waals surface area contributed by atoms with E-state index in [1.807, 2.05) is 49.1 Å². The Morgan fingerprint density at radius 3 is 2.56 bits per heavy atom. The molecule has 0 bridgehead atoms.